The van der Waals surface area contributed by atoms with Crippen molar-refractivity contribution in [2.24, 2.45) is 0 Å². The van der Waals surface area contributed by atoms with Crippen LogP contribution in [-0.4, -0.2) is 70.0 Å². The summed E-state index contributed by atoms with van der Waals surface area (Å²) in [5.74, 6) is 0.517. The van der Waals surface area contributed by atoms with Crippen molar-refractivity contribution in [3.8, 4) is 5.75 Å². The molecular formula is C16H23N3O3S. The fraction of sp³-hybridized carbons (Fsp3) is 0.625. The van der Waals surface area contributed by atoms with Crippen molar-refractivity contribution in [3.05, 3.63) is 18.2 Å². The first-order valence-corrected chi connectivity index (χ1v) is 9.62. The molecule has 2 saturated heterocycles. The minimum absolute atomic E-state index is 0.0191. The summed E-state index contributed by atoms with van der Waals surface area (Å²) < 4.78 is 33.7. The third-order valence-electron chi connectivity index (χ3n) is 5.19. The summed E-state index contributed by atoms with van der Waals surface area (Å²) in [7, 11) is 0.667. The minimum atomic E-state index is -3.48. The molecule has 23 heavy (non-hydrogen) atoms. The number of rotatable bonds is 2. The highest BCUT2D eigenvalue weighted by Gasteiger charge is 2.42. The van der Waals surface area contributed by atoms with Crippen LogP contribution in [0.4, 0.5) is 5.69 Å². The fourth-order valence-electron chi connectivity index (χ4n) is 3.81. The van der Waals surface area contributed by atoms with Crippen LogP contribution >= 0.6 is 0 Å². The van der Waals surface area contributed by atoms with Gasteiger partial charge in [-0.2, -0.15) is 4.31 Å². The van der Waals surface area contributed by atoms with Gasteiger partial charge in [-0.1, -0.05) is 6.07 Å². The first-order valence-electron chi connectivity index (χ1n) is 8.18. The number of sulfonamides is 1. The van der Waals surface area contributed by atoms with Gasteiger partial charge >= 0.3 is 0 Å². The van der Waals surface area contributed by atoms with Crippen LogP contribution in [0.2, 0.25) is 0 Å². The van der Waals surface area contributed by atoms with E-state index in [-0.39, 0.29) is 6.10 Å². The topological polar surface area (TPSA) is 53.1 Å². The van der Waals surface area contributed by atoms with Gasteiger partial charge in [0.05, 0.1) is 12.2 Å². The average Bonchev–Trinajstić information content (AvgIpc) is 3.13. The van der Waals surface area contributed by atoms with Crippen LogP contribution in [0.1, 0.15) is 12.8 Å². The Labute approximate surface area is 137 Å². The predicted molar refractivity (Wildman–Crippen MR) is 88.5 cm³/mol. The highest BCUT2D eigenvalue weighted by Crippen LogP contribution is 2.41. The lowest BCUT2D eigenvalue weighted by Crippen LogP contribution is -2.33. The second-order valence-corrected chi connectivity index (χ2v) is 8.72. The van der Waals surface area contributed by atoms with Crippen LogP contribution < -0.4 is 9.64 Å². The molecule has 7 heteroatoms. The van der Waals surface area contributed by atoms with Crippen molar-refractivity contribution < 1.29 is 13.2 Å². The molecule has 0 N–H and O–H groups in total. The van der Waals surface area contributed by atoms with Crippen molar-refractivity contribution in [2.75, 3.05) is 45.2 Å². The van der Waals surface area contributed by atoms with Gasteiger partial charge in [-0.25, -0.2) is 8.42 Å². The Bertz CT molecular complexity index is 719. The molecule has 1 aromatic rings. The molecule has 0 saturated carbocycles. The molecule has 0 aliphatic carbocycles. The van der Waals surface area contributed by atoms with Crippen LogP contribution in [0, 0.1) is 0 Å². The van der Waals surface area contributed by atoms with Crippen LogP contribution in [0.5, 0.6) is 5.75 Å². The van der Waals surface area contributed by atoms with Crippen LogP contribution in [0.25, 0.3) is 0 Å². The van der Waals surface area contributed by atoms with Gasteiger partial charge in [0, 0.05) is 25.7 Å². The highest BCUT2D eigenvalue weighted by atomic mass is 32.2. The van der Waals surface area contributed by atoms with E-state index >= 15 is 0 Å². The van der Waals surface area contributed by atoms with E-state index in [2.05, 4.69) is 23.9 Å². The maximum Gasteiger partial charge on any atom is 0.248 e. The van der Waals surface area contributed by atoms with E-state index in [1.165, 1.54) is 0 Å². The van der Waals surface area contributed by atoms with Gasteiger partial charge in [0.25, 0.3) is 0 Å². The number of nitrogens with zero attached hydrogens (tertiary/aromatic N) is 3. The number of likely N-dealkylation sites (N-methyl/N-ethyl adjacent to an activating group) is 1. The quantitative estimate of drug-likeness (QED) is 0.805. The van der Waals surface area contributed by atoms with Crippen LogP contribution in [-0.2, 0) is 10.0 Å². The summed E-state index contributed by atoms with van der Waals surface area (Å²) in [6.45, 7) is 2.75. The monoisotopic (exact) mass is 337 g/mol. The lowest BCUT2D eigenvalue weighted by atomic mass is 10.2. The number of ether oxygens (including phenoxy) is 1. The molecule has 0 aromatic heterocycles. The number of fused-ring (bicyclic) bond motifs is 3. The summed E-state index contributed by atoms with van der Waals surface area (Å²) in [5.41, 5.74) is 0.791. The smallest absolute Gasteiger partial charge is 0.248 e. The number of benzene rings is 1. The van der Waals surface area contributed by atoms with Gasteiger partial charge in [0.15, 0.2) is 0 Å². The molecule has 3 heterocycles. The molecule has 0 spiro atoms. The molecule has 3 aliphatic heterocycles. The van der Waals surface area contributed by atoms with Gasteiger partial charge in [-0.3, -0.25) is 0 Å². The standard InChI is InChI=1S/C16H23N3O3S/c1-17(2)12-6-8-18(10-12)14-4-3-5-15-16(14)23(20,21)19-9-7-13(11-19)22-15/h3-5,12-13H,6-11H2,1-2H3/t12-,13+/m1/s1. The van der Waals surface area contributed by atoms with E-state index < -0.39 is 10.0 Å². The van der Waals surface area contributed by atoms with E-state index in [1.807, 2.05) is 12.1 Å². The number of anilines is 1. The van der Waals surface area contributed by atoms with Crippen molar-refractivity contribution >= 4 is 15.7 Å². The van der Waals surface area contributed by atoms with Gasteiger partial charge in [0.1, 0.15) is 16.7 Å². The zero-order chi connectivity index (χ0) is 16.2. The third-order valence-corrected chi connectivity index (χ3v) is 7.13. The average molecular weight is 337 g/mol. The molecule has 6 nitrogen and oxygen atoms in total. The molecule has 2 fully saturated rings. The van der Waals surface area contributed by atoms with Crippen molar-refractivity contribution in [1.29, 1.82) is 0 Å². The lowest BCUT2D eigenvalue weighted by Gasteiger charge is -2.26. The van der Waals surface area contributed by atoms with Gasteiger partial charge < -0.3 is 14.5 Å². The molecule has 2 bridgehead atoms. The van der Waals surface area contributed by atoms with E-state index in [0.717, 1.165) is 31.6 Å². The second-order valence-electron chi connectivity index (χ2n) is 6.85. The molecular weight excluding hydrogens is 314 g/mol. The zero-order valence-electron chi connectivity index (χ0n) is 13.6. The number of hydrogen-bond acceptors (Lipinski definition) is 5. The summed E-state index contributed by atoms with van der Waals surface area (Å²) in [4.78, 5) is 4.75. The Kier molecular flexibility index (Phi) is 3.55. The molecule has 3 atom stereocenters. The predicted octanol–water partition coefficient (Wildman–Crippen LogP) is 0.982. The van der Waals surface area contributed by atoms with E-state index in [9.17, 15) is 8.42 Å². The minimum Gasteiger partial charge on any atom is -0.487 e. The normalized spacial score (nSPS) is 31.8. The third kappa shape index (κ3) is 2.42. The summed E-state index contributed by atoms with van der Waals surface area (Å²) in [6.07, 6.45) is 1.80. The lowest BCUT2D eigenvalue weighted by molar-refractivity contribution is 0.215. The van der Waals surface area contributed by atoms with Crippen LogP contribution in [0.15, 0.2) is 23.1 Å². The SMILES string of the molecule is CN(C)[C@@H]1CCN(c2cccc3c2S(=O)(=O)N2CC[C@@H](C2)O3)C1. The first-order chi connectivity index (χ1) is 11.0. The maximum atomic E-state index is 13.1. The molecule has 3 aliphatic rings. The molecule has 1 aromatic carbocycles. The van der Waals surface area contributed by atoms with E-state index in [1.54, 1.807) is 10.4 Å². The Hall–Kier alpha value is -1.31. The molecule has 4 rings (SSSR count). The van der Waals surface area contributed by atoms with Crippen LogP contribution in [0.3, 0.4) is 0 Å². The summed E-state index contributed by atoms with van der Waals surface area (Å²) in [5, 5.41) is 0. The van der Waals surface area contributed by atoms with Gasteiger partial charge in [0.2, 0.25) is 10.0 Å². The zero-order valence-corrected chi connectivity index (χ0v) is 14.4. The van der Waals surface area contributed by atoms with Crippen molar-refractivity contribution in [1.82, 2.24) is 9.21 Å². The molecule has 1 unspecified atom stereocenters. The van der Waals surface area contributed by atoms with Crippen molar-refractivity contribution in [3.63, 3.8) is 0 Å². The molecule has 126 valence electrons. The Morgan fingerprint density at radius 2 is 2.00 bits per heavy atom. The Morgan fingerprint density at radius 3 is 2.74 bits per heavy atom. The fourth-order valence-corrected chi connectivity index (χ4v) is 5.61. The largest absolute Gasteiger partial charge is 0.487 e. The molecule has 0 radical (unpaired) electrons. The Balaban J connectivity index is 1.78. The van der Waals surface area contributed by atoms with Crippen molar-refractivity contribution in [2.45, 2.75) is 29.9 Å². The maximum absolute atomic E-state index is 13.1. The summed E-state index contributed by atoms with van der Waals surface area (Å²) in [6, 6.07) is 6.06. The Morgan fingerprint density at radius 1 is 1.17 bits per heavy atom. The van der Waals surface area contributed by atoms with E-state index in [0.29, 0.717) is 29.8 Å². The first kappa shape index (κ1) is 15.2. The number of hydrogen-bond donors (Lipinski definition) is 0. The van der Waals surface area contributed by atoms with Gasteiger partial charge in [-0.15, -0.1) is 0 Å². The summed E-state index contributed by atoms with van der Waals surface area (Å²) >= 11 is 0. The van der Waals surface area contributed by atoms with E-state index in [4.69, 9.17) is 4.74 Å². The highest BCUT2D eigenvalue weighted by molar-refractivity contribution is 7.89. The molecule has 0 amide bonds. The van der Waals surface area contributed by atoms with Gasteiger partial charge in [-0.05, 0) is 39.1 Å². The second kappa shape index (κ2) is 5.36.